The molecular formula is C26H47N2O17P. The third-order valence-electron chi connectivity index (χ3n) is 7.86. The maximum Gasteiger partial charge on any atom is 0.472 e. The van der Waals surface area contributed by atoms with Crippen LogP contribution >= 0.6 is 7.82 Å². The third-order valence-corrected chi connectivity index (χ3v) is 8.85. The Hall–Kier alpha value is -0.940. The fourth-order valence-electron chi connectivity index (χ4n) is 5.52. The van der Waals surface area contributed by atoms with Gasteiger partial charge in [0.15, 0.2) is 18.9 Å². The van der Waals surface area contributed by atoms with Crippen molar-refractivity contribution in [2.24, 2.45) is 5.73 Å². The quantitative estimate of drug-likeness (QED) is 0.0700. The number of hydrogen-bond donors (Lipinski definition) is 7. The number of phosphoric ester groups is 1. The summed E-state index contributed by atoms with van der Waals surface area (Å²) in [6, 6.07) is -1.11. The Morgan fingerprint density at radius 3 is 2.22 bits per heavy atom. The van der Waals surface area contributed by atoms with Crippen molar-refractivity contribution in [1.29, 1.82) is 0 Å². The first kappa shape index (κ1) is 37.9. The second-order valence-corrected chi connectivity index (χ2v) is 12.9. The summed E-state index contributed by atoms with van der Waals surface area (Å²) in [5, 5.41) is 45.2. The number of nitrogens with two attached hydrogens (primary N) is 1. The molecule has 0 radical (unpaired) electrons. The van der Waals surface area contributed by atoms with Crippen molar-refractivity contribution in [2.45, 2.75) is 113 Å². The minimum Gasteiger partial charge on any atom is -0.390 e. The number of carbonyl (C=O) groups is 1. The minimum absolute atomic E-state index is 0.0311. The molecule has 4 fully saturated rings. The Bertz CT molecular complexity index is 1010. The van der Waals surface area contributed by atoms with Crippen LogP contribution in [-0.4, -0.2) is 163 Å². The van der Waals surface area contributed by atoms with E-state index >= 15 is 0 Å². The highest BCUT2D eigenvalue weighted by Gasteiger charge is 2.55. The molecule has 0 aromatic rings. The second kappa shape index (κ2) is 17.1. The van der Waals surface area contributed by atoms with Gasteiger partial charge in [0.1, 0.15) is 48.8 Å². The lowest BCUT2D eigenvalue weighted by molar-refractivity contribution is -0.366. The van der Waals surface area contributed by atoms with Gasteiger partial charge in [-0.2, -0.15) is 0 Å². The fraction of sp³-hybridized carbons (Fsp3) is 0.962. The highest BCUT2D eigenvalue weighted by Crippen LogP contribution is 2.51. The smallest absolute Gasteiger partial charge is 0.390 e. The summed E-state index contributed by atoms with van der Waals surface area (Å²) in [6.07, 6.45) is -16.1. The van der Waals surface area contributed by atoms with E-state index in [2.05, 4.69) is 5.32 Å². The van der Waals surface area contributed by atoms with E-state index in [-0.39, 0.29) is 19.6 Å². The average molecular weight is 691 g/mol. The topological polar surface area (TPSA) is 266 Å². The molecule has 4 rings (SSSR count). The second-order valence-electron chi connectivity index (χ2n) is 11.5. The Morgan fingerprint density at radius 2 is 1.52 bits per heavy atom. The Balaban J connectivity index is 1.53. The average Bonchev–Trinajstić information content (AvgIpc) is 2.99. The predicted molar refractivity (Wildman–Crippen MR) is 151 cm³/mol. The number of hydrogen-bond acceptors (Lipinski definition) is 17. The van der Waals surface area contributed by atoms with Gasteiger partial charge in [-0.05, 0) is 13.8 Å². The molecule has 4 aliphatic heterocycles. The number of fused-ring (bicyclic) bond motifs is 1. The largest absolute Gasteiger partial charge is 0.472 e. The Morgan fingerprint density at radius 1 is 0.870 bits per heavy atom. The monoisotopic (exact) mass is 690 g/mol. The van der Waals surface area contributed by atoms with Crippen LogP contribution in [0.25, 0.3) is 0 Å². The van der Waals surface area contributed by atoms with Gasteiger partial charge < -0.3 is 74.3 Å². The minimum atomic E-state index is -4.48. The van der Waals surface area contributed by atoms with E-state index < -0.39 is 106 Å². The number of amides is 1. The van der Waals surface area contributed by atoms with Crippen molar-refractivity contribution in [3.8, 4) is 0 Å². The van der Waals surface area contributed by atoms with Crippen LogP contribution in [0.5, 0.6) is 0 Å². The number of aliphatic hydroxyl groups excluding tert-OH is 4. The highest BCUT2D eigenvalue weighted by atomic mass is 31.2. The van der Waals surface area contributed by atoms with Gasteiger partial charge in [0, 0.05) is 19.9 Å². The first-order valence-corrected chi connectivity index (χ1v) is 16.7. The van der Waals surface area contributed by atoms with Crippen LogP contribution in [0.3, 0.4) is 0 Å². The lowest BCUT2D eigenvalue weighted by atomic mass is 9.95. The van der Waals surface area contributed by atoms with Crippen molar-refractivity contribution >= 4 is 13.7 Å². The lowest BCUT2D eigenvalue weighted by Gasteiger charge is -2.50. The van der Waals surface area contributed by atoms with E-state index in [1.165, 1.54) is 6.92 Å². The Labute approximate surface area is 266 Å². The normalized spacial score (nSPS) is 44.8. The van der Waals surface area contributed by atoms with E-state index in [0.717, 1.165) is 0 Å². The van der Waals surface area contributed by atoms with Crippen molar-refractivity contribution < 1.29 is 81.6 Å². The molecular weight excluding hydrogens is 643 g/mol. The van der Waals surface area contributed by atoms with Crippen molar-refractivity contribution in [1.82, 2.24) is 5.32 Å². The fourth-order valence-corrected chi connectivity index (χ4v) is 6.48. The zero-order valence-corrected chi connectivity index (χ0v) is 26.8. The first-order chi connectivity index (χ1) is 21.8. The van der Waals surface area contributed by atoms with E-state index in [4.69, 9.17) is 52.7 Å². The van der Waals surface area contributed by atoms with Gasteiger partial charge in [0.05, 0.1) is 58.0 Å². The zero-order chi connectivity index (χ0) is 33.6. The van der Waals surface area contributed by atoms with Crippen LogP contribution in [-0.2, 0) is 56.3 Å². The summed E-state index contributed by atoms with van der Waals surface area (Å²) < 4.78 is 68.4. The van der Waals surface area contributed by atoms with Crippen LogP contribution in [0.2, 0.25) is 0 Å². The van der Waals surface area contributed by atoms with Gasteiger partial charge in [-0.15, -0.1) is 0 Å². The molecule has 1 unspecified atom stereocenters. The van der Waals surface area contributed by atoms with E-state index in [1.54, 1.807) is 13.8 Å². The molecule has 0 saturated carbocycles. The summed E-state index contributed by atoms with van der Waals surface area (Å²) in [5.41, 5.74) is 5.39. The van der Waals surface area contributed by atoms with E-state index in [1.807, 2.05) is 0 Å². The van der Waals surface area contributed by atoms with Crippen molar-refractivity contribution in [3.63, 3.8) is 0 Å². The van der Waals surface area contributed by atoms with Gasteiger partial charge in [0.25, 0.3) is 0 Å². The van der Waals surface area contributed by atoms with Crippen LogP contribution < -0.4 is 11.1 Å². The molecule has 4 aliphatic rings. The number of carbonyl (C=O) groups excluding carboxylic acids is 1. The maximum absolute atomic E-state index is 12.4. The predicted octanol–water partition coefficient (Wildman–Crippen LogP) is -3.17. The maximum atomic E-state index is 12.4. The first-order valence-electron chi connectivity index (χ1n) is 15.2. The van der Waals surface area contributed by atoms with Gasteiger partial charge >= 0.3 is 7.82 Å². The molecule has 0 aromatic carbocycles. The zero-order valence-electron chi connectivity index (χ0n) is 25.9. The van der Waals surface area contributed by atoms with Crippen LogP contribution in [0.4, 0.5) is 0 Å². The van der Waals surface area contributed by atoms with E-state index in [9.17, 15) is 34.7 Å². The van der Waals surface area contributed by atoms with Gasteiger partial charge in [-0.25, -0.2) is 4.57 Å². The van der Waals surface area contributed by atoms with Crippen molar-refractivity contribution in [3.05, 3.63) is 0 Å². The number of nitrogens with one attached hydrogen (secondary N) is 1. The molecule has 4 saturated heterocycles. The third kappa shape index (κ3) is 9.82. The van der Waals surface area contributed by atoms with Crippen LogP contribution in [0.15, 0.2) is 0 Å². The molecule has 1 amide bonds. The number of rotatable bonds is 14. The molecule has 46 heavy (non-hydrogen) atoms. The summed E-state index contributed by atoms with van der Waals surface area (Å²) in [5.74, 6) is -0.499. The molecule has 19 nitrogen and oxygen atoms in total. The molecule has 268 valence electrons. The van der Waals surface area contributed by atoms with Crippen LogP contribution in [0.1, 0.15) is 27.2 Å². The molecule has 0 aliphatic carbocycles. The summed E-state index contributed by atoms with van der Waals surface area (Å²) in [4.78, 5) is 22.1. The molecule has 4 heterocycles. The van der Waals surface area contributed by atoms with Gasteiger partial charge in [0.2, 0.25) is 5.91 Å². The summed E-state index contributed by atoms with van der Waals surface area (Å²) in [7, 11) is -4.48. The number of ether oxygens (including phenoxy) is 8. The molecule has 0 aromatic heterocycles. The van der Waals surface area contributed by atoms with Gasteiger partial charge in [-0.1, -0.05) is 0 Å². The molecule has 15 atom stereocenters. The van der Waals surface area contributed by atoms with Crippen LogP contribution in [0, 0.1) is 0 Å². The Kier molecular flexibility index (Phi) is 14.1. The number of aliphatic hydroxyl groups is 4. The molecule has 0 spiro atoms. The van der Waals surface area contributed by atoms with Crippen molar-refractivity contribution in [2.75, 3.05) is 46.2 Å². The highest BCUT2D eigenvalue weighted by molar-refractivity contribution is 7.47. The standard InChI is InChI=1S/C26H47N2O17P/c1-12-15(30)10-16(31)24(40-12)43-21-13(2)41-25(38-9-8-37-7-6-36-5-4-27)18(28-14(3)29)23(21)44-26-20(33)19(32)22-17(42-26)11-39-46(34,35)45-22/h12-13,15-26,30-33H,4-11,27H2,1-3H3,(H,28,29)(H,34,35)/t12-,13+,15-,16-,17+,18+,19+,20+,21+,22-,23+,24-,25+,26-/m0/s1. The summed E-state index contributed by atoms with van der Waals surface area (Å²) in [6.45, 7) is 5.65. The van der Waals surface area contributed by atoms with Gasteiger partial charge in [-0.3, -0.25) is 13.8 Å². The summed E-state index contributed by atoms with van der Waals surface area (Å²) >= 11 is 0. The number of phosphoric acid groups is 1. The van der Waals surface area contributed by atoms with E-state index in [0.29, 0.717) is 26.4 Å². The molecule has 0 bridgehead atoms. The molecule has 8 N–H and O–H groups in total. The SMILES string of the molecule is CC(=O)N[C@H]1[C@H](OCCOCCOCCN)O[C@H](C)[C@@H](O[C@@H]2O[C@@H](C)[C@@H](O)C[C@@H]2O)[C@@H]1O[C@@H]1O[C@@H]2COP(=O)(O)O[C@@H]2[C@H](O)[C@H]1O. The lowest BCUT2D eigenvalue weighted by Crippen LogP contribution is -2.68. The molecule has 20 heteroatoms.